The SMILES string of the molecule is CCCCCCCCC[C@@H](C)N1C(=O)CSC1=S. The quantitative estimate of drug-likeness (QED) is 0.464. The smallest absolute Gasteiger partial charge is 0.238 e. The minimum Gasteiger partial charge on any atom is -0.294 e. The highest BCUT2D eigenvalue weighted by atomic mass is 32.2. The Hall–Kier alpha value is -0.0900. The molecule has 1 aliphatic rings. The summed E-state index contributed by atoms with van der Waals surface area (Å²) < 4.78 is 0.774. The molecule has 1 atom stereocenters. The van der Waals surface area contributed by atoms with Crippen LogP contribution in [0.15, 0.2) is 0 Å². The first-order chi connectivity index (χ1) is 8.66. The minimum absolute atomic E-state index is 0.195. The second-order valence-electron chi connectivity index (χ2n) is 5.08. The van der Waals surface area contributed by atoms with Gasteiger partial charge in [0.1, 0.15) is 4.32 Å². The topological polar surface area (TPSA) is 20.3 Å². The lowest BCUT2D eigenvalue weighted by molar-refractivity contribution is -0.125. The molecule has 0 bridgehead atoms. The predicted molar refractivity (Wildman–Crippen MR) is 84.0 cm³/mol. The first-order valence-corrected chi connectivity index (χ1v) is 8.55. The number of hydrogen-bond acceptors (Lipinski definition) is 3. The lowest BCUT2D eigenvalue weighted by Gasteiger charge is -2.23. The number of nitrogens with zero attached hydrogens (tertiary/aromatic N) is 1. The van der Waals surface area contributed by atoms with Crippen molar-refractivity contribution in [1.29, 1.82) is 0 Å². The van der Waals surface area contributed by atoms with E-state index in [2.05, 4.69) is 13.8 Å². The van der Waals surface area contributed by atoms with Crippen LogP contribution in [0.3, 0.4) is 0 Å². The van der Waals surface area contributed by atoms with E-state index in [0.717, 1.165) is 10.7 Å². The van der Waals surface area contributed by atoms with Gasteiger partial charge in [-0.1, -0.05) is 75.8 Å². The van der Waals surface area contributed by atoms with E-state index in [4.69, 9.17) is 12.2 Å². The van der Waals surface area contributed by atoms with Crippen LogP contribution in [0.5, 0.6) is 0 Å². The minimum atomic E-state index is 0.195. The van der Waals surface area contributed by atoms with Gasteiger partial charge < -0.3 is 0 Å². The first-order valence-electron chi connectivity index (χ1n) is 7.15. The van der Waals surface area contributed by atoms with Crippen molar-refractivity contribution in [2.75, 3.05) is 5.75 Å². The summed E-state index contributed by atoms with van der Waals surface area (Å²) >= 11 is 6.71. The summed E-state index contributed by atoms with van der Waals surface area (Å²) in [6, 6.07) is 0.288. The highest BCUT2D eigenvalue weighted by Crippen LogP contribution is 2.24. The maximum atomic E-state index is 11.7. The van der Waals surface area contributed by atoms with E-state index in [0.29, 0.717) is 5.75 Å². The molecule has 1 amide bonds. The lowest BCUT2D eigenvalue weighted by atomic mass is 10.1. The third-order valence-corrected chi connectivity index (χ3v) is 4.84. The van der Waals surface area contributed by atoms with E-state index in [1.54, 1.807) is 0 Å². The van der Waals surface area contributed by atoms with Crippen LogP contribution in [0, 0.1) is 0 Å². The van der Waals surface area contributed by atoms with Crippen LogP contribution in [0.1, 0.15) is 65.2 Å². The molecule has 2 nitrogen and oxygen atoms in total. The average molecular weight is 287 g/mol. The molecular weight excluding hydrogens is 262 g/mol. The number of carbonyl (C=O) groups excluding carboxylic acids is 1. The Bertz CT molecular complexity index is 265. The summed E-state index contributed by atoms with van der Waals surface area (Å²) in [6.07, 6.45) is 10.3. The molecule has 0 unspecified atom stereocenters. The van der Waals surface area contributed by atoms with Crippen molar-refractivity contribution in [1.82, 2.24) is 4.90 Å². The van der Waals surface area contributed by atoms with Crippen LogP contribution in [0.2, 0.25) is 0 Å². The van der Waals surface area contributed by atoms with Gasteiger partial charge in [0.05, 0.1) is 5.75 Å². The van der Waals surface area contributed by atoms with Crippen molar-refractivity contribution >= 4 is 34.2 Å². The zero-order valence-electron chi connectivity index (χ0n) is 11.6. The number of rotatable bonds is 9. The lowest BCUT2D eigenvalue weighted by Crippen LogP contribution is -2.36. The summed E-state index contributed by atoms with van der Waals surface area (Å²) in [5, 5.41) is 0. The number of carbonyl (C=O) groups is 1. The molecule has 1 saturated heterocycles. The van der Waals surface area contributed by atoms with Gasteiger partial charge in [0.2, 0.25) is 5.91 Å². The van der Waals surface area contributed by atoms with Gasteiger partial charge in [-0.2, -0.15) is 0 Å². The van der Waals surface area contributed by atoms with Crippen LogP contribution in [-0.2, 0) is 4.79 Å². The Balaban J connectivity index is 2.08. The van der Waals surface area contributed by atoms with Crippen LogP contribution < -0.4 is 0 Å². The molecule has 0 aromatic rings. The van der Waals surface area contributed by atoms with E-state index in [-0.39, 0.29) is 11.9 Å². The maximum absolute atomic E-state index is 11.7. The van der Waals surface area contributed by atoms with E-state index in [9.17, 15) is 4.79 Å². The normalized spacial score (nSPS) is 17.6. The van der Waals surface area contributed by atoms with E-state index < -0.39 is 0 Å². The second kappa shape index (κ2) is 8.92. The average Bonchev–Trinajstić information content (AvgIpc) is 2.68. The van der Waals surface area contributed by atoms with Gasteiger partial charge in [-0.15, -0.1) is 0 Å². The van der Waals surface area contributed by atoms with Crippen molar-refractivity contribution < 1.29 is 4.79 Å². The van der Waals surface area contributed by atoms with Gasteiger partial charge in [-0.05, 0) is 13.3 Å². The Labute approximate surface area is 121 Å². The van der Waals surface area contributed by atoms with Crippen LogP contribution >= 0.6 is 24.0 Å². The molecule has 1 fully saturated rings. The fourth-order valence-corrected chi connectivity index (χ4v) is 3.58. The summed E-state index contributed by atoms with van der Waals surface area (Å²) in [4.78, 5) is 13.5. The second-order valence-corrected chi connectivity index (χ2v) is 6.69. The predicted octanol–water partition coefficient (Wildman–Crippen LogP) is 4.38. The molecule has 1 aliphatic heterocycles. The van der Waals surface area contributed by atoms with Crippen LogP contribution in [-0.4, -0.2) is 26.9 Å². The highest BCUT2D eigenvalue weighted by Gasteiger charge is 2.30. The van der Waals surface area contributed by atoms with Gasteiger partial charge in [-0.3, -0.25) is 9.69 Å². The summed E-state index contributed by atoms with van der Waals surface area (Å²) in [6.45, 7) is 4.36. The van der Waals surface area contributed by atoms with Crippen molar-refractivity contribution in [2.45, 2.75) is 71.3 Å². The molecule has 0 saturated carbocycles. The number of hydrogen-bond donors (Lipinski definition) is 0. The largest absolute Gasteiger partial charge is 0.294 e. The molecule has 104 valence electrons. The third kappa shape index (κ3) is 5.27. The molecule has 0 radical (unpaired) electrons. The van der Waals surface area contributed by atoms with Crippen molar-refractivity contribution in [2.24, 2.45) is 0 Å². The van der Waals surface area contributed by atoms with Crippen molar-refractivity contribution in [3.63, 3.8) is 0 Å². The van der Waals surface area contributed by atoms with Gasteiger partial charge in [0.25, 0.3) is 0 Å². The molecule has 0 aromatic carbocycles. The summed E-state index contributed by atoms with van der Waals surface area (Å²) in [7, 11) is 0. The zero-order valence-corrected chi connectivity index (χ0v) is 13.2. The van der Waals surface area contributed by atoms with Crippen LogP contribution in [0.25, 0.3) is 0 Å². The summed E-state index contributed by atoms with van der Waals surface area (Å²) in [5.41, 5.74) is 0. The fourth-order valence-electron chi connectivity index (χ4n) is 2.32. The molecule has 0 N–H and O–H groups in total. The maximum Gasteiger partial charge on any atom is 0.238 e. The Morgan fingerprint density at radius 3 is 2.39 bits per heavy atom. The van der Waals surface area contributed by atoms with Gasteiger partial charge in [-0.25, -0.2) is 0 Å². The van der Waals surface area contributed by atoms with E-state index in [1.165, 1.54) is 56.7 Å². The molecule has 0 aliphatic carbocycles. The van der Waals surface area contributed by atoms with Crippen LogP contribution in [0.4, 0.5) is 0 Å². The van der Waals surface area contributed by atoms with Crippen molar-refractivity contribution in [3.8, 4) is 0 Å². The molecule has 0 aromatic heterocycles. The number of unbranched alkanes of at least 4 members (excludes halogenated alkanes) is 6. The first kappa shape index (κ1) is 16.0. The number of thiocarbonyl (C=S) groups is 1. The highest BCUT2D eigenvalue weighted by molar-refractivity contribution is 8.23. The van der Waals surface area contributed by atoms with Gasteiger partial charge >= 0.3 is 0 Å². The van der Waals surface area contributed by atoms with E-state index in [1.807, 2.05) is 4.90 Å². The molecule has 1 heterocycles. The monoisotopic (exact) mass is 287 g/mol. The molecule has 0 spiro atoms. The zero-order chi connectivity index (χ0) is 13.4. The third-order valence-electron chi connectivity index (χ3n) is 3.45. The molecule has 4 heteroatoms. The van der Waals surface area contributed by atoms with Gasteiger partial charge in [0.15, 0.2) is 0 Å². The van der Waals surface area contributed by atoms with Gasteiger partial charge in [0, 0.05) is 6.04 Å². The Morgan fingerprint density at radius 2 is 1.83 bits per heavy atom. The molecular formula is C14H25NOS2. The molecule has 18 heavy (non-hydrogen) atoms. The Kier molecular flexibility index (Phi) is 7.91. The van der Waals surface area contributed by atoms with E-state index >= 15 is 0 Å². The standard InChI is InChI=1S/C14H25NOS2/c1-3-4-5-6-7-8-9-10-12(2)15-13(16)11-18-14(15)17/h12H,3-11H2,1-2H3/t12-/m1/s1. The number of amides is 1. The Morgan fingerprint density at radius 1 is 1.22 bits per heavy atom. The van der Waals surface area contributed by atoms with Crippen molar-refractivity contribution in [3.05, 3.63) is 0 Å². The molecule has 1 rings (SSSR count). The number of thioether (sulfide) groups is 1. The fraction of sp³-hybridized carbons (Fsp3) is 0.857. The summed E-state index contributed by atoms with van der Waals surface area (Å²) in [5.74, 6) is 0.737.